The van der Waals surface area contributed by atoms with Gasteiger partial charge in [0.15, 0.2) is 0 Å². The lowest BCUT2D eigenvalue weighted by molar-refractivity contribution is 0.601. The number of rotatable bonds is 4. The van der Waals surface area contributed by atoms with E-state index in [1.165, 1.54) is 12.1 Å². The molecule has 0 saturated carbocycles. The Labute approximate surface area is 124 Å². The molecule has 0 heterocycles. The van der Waals surface area contributed by atoms with E-state index in [9.17, 15) is 8.42 Å². The fourth-order valence-electron chi connectivity index (χ4n) is 1.73. The van der Waals surface area contributed by atoms with Crippen LogP contribution in [0.15, 0.2) is 60.0 Å². The van der Waals surface area contributed by atoms with Gasteiger partial charge in [0, 0.05) is 10.7 Å². The van der Waals surface area contributed by atoms with E-state index in [-0.39, 0.29) is 4.90 Å². The molecule has 0 radical (unpaired) electrons. The monoisotopic (exact) mass is 307 g/mol. The van der Waals surface area contributed by atoms with Gasteiger partial charge >= 0.3 is 0 Å². The van der Waals surface area contributed by atoms with Crippen LogP contribution in [0.1, 0.15) is 12.5 Å². The van der Waals surface area contributed by atoms with Crippen LogP contribution in [0.25, 0.3) is 5.57 Å². The number of hydrogen-bond donors (Lipinski definition) is 1. The summed E-state index contributed by atoms with van der Waals surface area (Å²) in [7, 11) is -3.59. The molecule has 3 nitrogen and oxygen atoms in total. The van der Waals surface area contributed by atoms with Crippen LogP contribution in [0.4, 0.5) is 5.69 Å². The summed E-state index contributed by atoms with van der Waals surface area (Å²) in [5.74, 6) is 0. The Bertz CT molecular complexity index is 740. The molecule has 104 valence electrons. The van der Waals surface area contributed by atoms with E-state index in [1.807, 2.05) is 6.92 Å². The van der Waals surface area contributed by atoms with Gasteiger partial charge in [0.2, 0.25) is 0 Å². The van der Waals surface area contributed by atoms with Gasteiger partial charge in [-0.15, -0.1) is 0 Å². The molecule has 2 aromatic rings. The quantitative estimate of drug-likeness (QED) is 0.921. The maximum Gasteiger partial charge on any atom is 0.261 e. The second-order valence-corrected chi connectivity index (χ2v) is 6.48. The van der Waals surface area contributed by atoms with Crippen molar-refractivity contribution in [2.45, 2.75) is 11.8 Å². The van der Waals surface area contributed by atoms with Gasteiger partial charge in [-0.25, -0.2) is 8.42 Å². The van der Waals surface area contributed by atoms with E-state index < -0.39 is 10.0 Å². The summed E-state index contributed by atoms with van der Waals surface area (Å²) in [5, 5.41) is 0.542. The van der Waals surface area contributed by atoms with Crippen molar-refractivity contribution in [1.29, 1.82) is 0 Å². The molecule has 2 rings (SSSR count). The Morgan fingerprint density at radius 2 is 1.80 bits per heavy atom. The van der Waals surface area contributed by atoms with Crippen molar-refractivity contribution >= 4 is 32.9 Å². The topological polar surface area (TPSA) is 46.2 Å². The summed E-state index contributed by atoms with van der Waals surface area (Å²) in [6, 6.07) is 13.1. The van der Waals surface area contributed by atoms with Crippen molar-refractivity contribution in [1.82, 2.24) is 0 Å². The first-order valence-corrected chi connectivity index (χ1v) is 7.79. The number of allylic oxidation sites excluding steroid dienone is 1. The Morgan fingerprint density at radius 3 is 2.40 bits per heavy atom. The van der Waals surface area contributed by atoms with Gasteiger partial charge in [0.1, 0.15) is 0 Å². The predicted molar refractivity (Wildman–Crippen MR) is 83.4 cm³/mol. The lowest BCUT2D eigenvalue weighted by Gasteiger charge is -2.10. The first-order chi connectivity index (χ1) is 9.40. The number of anilines is 1. The molecule has 0 aliphatic heterocycles. The molecular weight excluding hydrogens is 294 g/mol. The molecule has 0 aliphatic carbocycles. The standard InChI is InChI=1S/C15H14ClNO2S/c1-11(2)14-10-12(8-9-15(14)16)17-20(18,19)13-6-4-3-5-7-13/h3-10,17H,1H2,2H3. The van der Waals surface area contributed by atoms with Crippen LogP contribution in [0.3, 0.4) is 0 Å². The highest BCUT2D eigenvalue weighted by Crippen LogP contribution is 2.27. The van der Waals surface area contributed by atoms with Crippen LogP contribution in [0.2, 0.25) is 5.02 Å². The SMILES string of the molecule is C=C(C)c1cc(NS(=O)(=O)c2ccccc2)ccc1Cl. The van der Waals surface area contributed by atoms with Gasteiger partial charge in [0.25, 0.3) is 10.0 Å². The van der Waals surface area contributed by atoms with Gasteiger partial charge in [0.05, 0.1) is 4.90 Å². The third kappa shape index (κ3) is 3.21. The van der Waals surface area contributed by atoms with Gasteiger partial charge in [-0.05, 0) is 48.4 Å². The third-order valence-electron chi connectivity index (χ3n) is 2.73. The molecule has 0 bridgehead atoms. The largest absolute Gasteiger partial charge is 0.280 e. The zero-order chi connectivity index (χ0) is 14.8. The number of halogens is 1. The Kier molecular flexibility index (Phi) is 4.16. The molecule has 20 heavy (non-hydrogen) atoms. The van der Waals surface area contributed by atoms with Crippen molar-refractivity contribution in [3.63, 3.8) is 0 Å². The predicted octanol–water partition coefficient (Wildman–Crippen LogP) is 4.17. The Hall–Kier alpha value is -1.78. The van der Waals surface area contributed by atoms with Crippen LogP contribution in [-0.4, -0.2) is 8.42 Å². The number of nitrogens with one attached hydrogen (secondary N) is 1. The lowest BCUT2D eigenvalue weighted by atomic mass is 10.1. The molecule has 0 aromatic heterocycles. The molecule has 0 unspecified atom stereocenters. The zero-order valence-corrected chi connectivity index (χ0v) is 12.5. The number of hydrogen-bond acceptors (Lipinski definition) is 2. The highest BCUT2D eigenvalue weighted by Gasteiger charge is 2.14. The third-order valence-corrected chi connectivity index (χ3v) is 4.46. The van der Waals surface area contributed by atoms with E-state index in [1.54, 1.807) is 36.4 Å². The van der Waals surface area contributed by atoms with Crippen molar-refractivity contribution in [2.75, 3.05) is 4.72 Å². The molecule has 0 fully saturated rings. The van der Waals surface area contributed by atoms with E-state index in [0.717, 1.165) is 11.1 Å². The van der Waals surface area contributed by atoms with Crippen LogP contribution in [-0.2, 0) is 10.0 Å². The molecule has 0 spiro atoms. The Morgan fingerprint density at radius 1 is 1.15 bits per heavy atom. The summed E-state index contributed by atoms with van der Waals surface area (Å²) in [4.78, 5) is 0.215. The average Bonchev–Trinajstić information content (AvgIpc) is 2.41. The van der Waals surface area contributed by atoms with Crippen molar-refractivity contribution in [3.05, 3.63) is 65.7 Å². The second-order valence-electron chi connectivity index (χ2n) is 4.39. The highest BCUT2D eigenvalue weighted by molar-refractivity contribution is 7.92. The molecule has 0 atom stereocenters. The maximum atomic E-state index is 12.2. The van der Waals surface area contributed by atoms with Crippen LogP contribution in [0.5, 0.6) is 0 Å². The number of sulfonamides is 1. The van der Waals surface area contributed by atoms with E-state index in [0.29, 0.717) is 10.7 Å². The minimum atomic E-state index is -3.59. The van der Waals surface area contributed by atoms with E-state index >= 15 is 0 Å². The summed E-state index contributed by atoms with van der Waals surface area (Å²) in [6.07, 6.45) is 0. The zero-order valence-electron chi connectivity index (χ0n) is 10.9. The van der Waals surface area contributed by atoms with Gasteiger partial charge in [-0.1, -0.05) is 36.4 Å². The van der Waals surface area contributed by atoms with Crippen molar-refractivity contribution in [3.8, 4) is 0 Å². The second kappa shape index (κ2) is 5.69. The summed E-state index contributed by atoms with van der Waals surface area (Å²) in [6.45, 7) is 5.64. The van der Waals surface area contributed by atoms with Gasteiger partial charge < -0.3 is 0 Å². The molecule has 1 N–H and O–H groups in total. The molecule has 2 aromatic carbocycles. The van der Waals surface area contributed by atoms with E-state index in [4.69, 9.17) is 11.6 Å². The normalized spacial score (nSPS) is 11.1. The maximum absolute atomic E-state index is 12.2. The van der Waals surface area contributed by atoms with Gasteiger partial charge in [-0.2, -0.15) is 0 Å². The lowest BCUT2D eigenvalue weighted by Crippen LogP contribution is -2.12. The highest BCUT2D eigenvalue weighted by atomic mass is 35.5. The molecule has 5 heteroatoms. The summed E-state index contributed by atoms with van der Waals surface area (Å²) in [5.41, 5.74) is 1.95. The number of benzene rings is 2. The van der Waals surface area contributed by atoms with Crippen LogP contribution in [0, 0.1) is 0 Å². The van der Waals surface area contributed by atoms with Crippen LogP contribution < -0.4 is 4.72 Å². The first kappa shape index (κ1) is 14.6. The molecular formula is C15H14ClNO2S. The fourth-order valence-corrected chi connectivity index (χ4v) is 3.08. The smallest absolute Gasteiger partial charge is 0.261 e. The summed E-state index contributed by atoms with van der Waals surface area (Å²) >= 11 is 6.04. The molecule has 0 amide bonds. The minimum Gasteiger partial charge on any atom is -0.280 e. The fraction of sp³-hybridized carbons (Fsp3) is 0.0667. The summed E-state index contributed by atoms with van der Waals surface area (Å²) < 4.78 is 26.9. The van der Waals surface area contributed by atoms with Crippen LogP contribution >= 0.6 is 11.6 Å². The van der Waals surface area contributed by atoms with Crippen molar-refractivity contribution < 1.29 is 8.42 Å². The van der Waals surface area contributed by atoms with Crippen molar-refractivity contribution in [2.24, 2.45) is 0 Å². The minimum absolute atomic E-state index is 0.215. The van der Waals surface area contributed by atoms with Gasteiger partial charge in [-0.3, -0.25) is 4.72 Å². The average molecular weight is 308 g/mol. The molecule has 0 saturated heterocycles. The van der Waals surface area contributed by atoms with E-state index in [2.05, 4.69) is 11.3 Å². The Balaban J connectivity index is 2.36. The first-order valence-electron chi connectivity index (χ1n) is 5.93. The molecule has 0 aliphatic rings.